The van der Waals surface area contributed by atoms with E-state index in [0.29, 0.717) is 31.1 Å². The highest BCUT2D eigenvalue weighted by Crippen LogP contribution is 2.32. The fourth-order valence-electron chi connectivity index (χ4n) is 2.62. The largest absolute Gasteiger partial charge is 0.761 e. The van der Waals surface area contributed by atoms with Crippen LogP contribution in [0.1, 0.15) is 5.56 Å². The van der Waals surface area contributed by atoms with Crippen molar-refractivity contribution in [1.29, 1.82) is 0 Å². The summed E-state index contributed by atoms with van der Waals surface area (Å²) >= 11 is 0. The zero-order valence-electron chi connectivity index (χ0n) is 12.7. The van der Waals surface area contributed by atoms with E-state index in [2.05, 4.69) is 0 Å². The van der Waals surface area contributed by atoms with E-state index in [4.69, 9.17) is 9.47 Å². The van der Waals surface area contributed by atoms with Crippen LogP contribution in [-0.2, 0) is 11.3 Å². The standard InChI is InChI=1S/C17H17N2O4/c1-22-16-6-5-12(11-19-7-8-23-17(19)20)9-15(16)13-3-2-4-14(10-13)18-21/h2-6,9-10,18H,7-8,11H2,1H3/q-1. The van der Waals surface area contributed by atoms with Crippen molar-refractivity contribution in [2.24, 2.45) is 0 Å². The van der Waals surface area contributed by atoms with Crippen molar-refractivity contribution in [2.45, 2.75) is 6.54 Å². The summed E-state index contributed by atoms with van der Waals surface area (Å²) < 4.78 is 10.4. The molecule has 0 atom stereocenters. The van der Waals surface area contributed by atoms with Crippen molar-refractivity contribution in [1.82, 2.24) is 4.90 Å². The molecule has 1 amide bonds. The third kappa shape index (κ3) is 3.22. The van der Waals surface area contributed by atoms with Crippen LogP contribution in [0.25, 0.3) is 11.1 Å². The van der Waals surface area contributed by atoms with Crippen LogP contribution in [0.3, 0.4) is 0 Å². The van der Waals surface area contributed by atoms with Crippen LogP contribution in [0, 0.1) is 5.21 Å². The molecular formula is C17H17N2O4-. The minimum atomic E-state index is -0.292. The summed E-state index contributed by atoms with van der Waals surface area (Å²) in [5.74, 6) is 0.709. The van der Waals surface area contributed by atoms with E-state index < -0.39 is 0 Å². The molecule has 23 heavy (non-hydrogen) atoms. The zero-order valence-corrected chi connectivity index (χ0v) is 12.7. The van der Waals surface area contributed by atoms with Crippen molar-refractivity contribution in [3.8, 4) is 16.9 Å². The minimum Gasteiger partial charge on any atom is -0.761 e. The van der Waals surface area contributed by atoms with Crippen molar-refractivity contribution in [2.75, 3.05) is 25.7 Å². The molecule has 2 aromatic carbocycles. The Morgan fingerprint density at radius 3 is 2.87 bits per heavy atom. The molecule has 0 saturated carbocycles. The van der Waals surface area contributed by atoms with Crippen molar-refractivity contribution >= 4 is 11.8 Å². The molecule has 0 aromatic heterocycles. The Bertz CT molecular complexity index is 717. The molecule has 0 spiro atoms. The van der Waals surface area contributed by atoms with Crippen molar-refractivity contribution in [3.63, 3.8) is 0 Å². The molecule has 6 nitrogen and oxygen atoms in total. The normalized spacial score (nSPS) is 13.8. The van der Waals surface area contributed by atoms with Gasteiger partial charge in [0.15, 0.2) is 0 Å². The summed E-state index contributed by atoms with van der Waals surface area (Å²) in [7, 11) is 1.60. The van der Waals surface area contributed by atoms with Gasteiger partial charge in [0.05, 0.1) is 13.7 Å². The number of carbonyl (C=O) groups excluding carboxylic acids is 1. The Morgan fingerprint density at radius 2 is 2.17 bits per heavy atom. The highest BCUT2D eigenvalue weighted by Gasteiger charge is 2.22. The van der Waals surface area contributed by atoms with Crippen LogP contribution in [0.2, 0.25) is 0 Å². The molecule has 1 saturated heterocycles. The topological polar surface area (TPSA) is 73.9 Å². The number of hydrogen-bond acceptors (Lipinski definition) is 5. The van der Waals surface area contributed by atoms with Crippen LogP contribution in [0.15, 0.2) is 42.5 Å². The Kier molecular flexibility index (Phi) is 4.34. The smallest absolute Gasteiger partial charge is 0.410 e. The van der Waals surface area contributed by atoms with E-state index in [-0.39, 0.29) is 6.09 Å². The summed E-state index contributed by atoms with van der Waals surface area (Å²) in [5.41, 5.74) is 5.09. The molecule has 0 aliphatic carbocycles. The van der Waals surface area contributed by atoms with E-state index in [9.17, 15) is 10.0 Å². The van der Waals surface area contributed by atoms with Gasteiger partial charge in [-0.15, -0.1) is 0 Å². The lowest BCUT2D eigenvalue weighted by Gasteiger charge is -2.16. The first-order valence-corrected chi connectivity index (χ1v) is 7.28. The maximum Gasteiger partial charge on any atom is 0.410 e. The molecular weight excluding hydrogens is 296 g/mol. The maximum absolute atomic E-state index is 11.6. The number of anilines is 1. The van der Waals surface area contributed by atoms with Crippen LogP contribution in [-0.4, -0.2) is 31.3 Å². The van der Waals surface area contributed by atoms with Crippen LogP contribution in [0.4, 0.5) is 10.5 Å². The number of carbonyl (C=O) groups is 1. The van der Waals surface area contributed by atoms with E-state index in [1.54, 1.807) is 30.2 Å². The van der Waals surface area contributed by atoms with Crippen molar-refractivity contribution in [3.05, 3.63) is 53.2 Å². The molecule has 2 aromatic rings. The van der Waals surface area contributed by atoms with E-state index in [1.807, 2.05) is 29.7 Å². The second-order valence-corrected chi connectivity index (χ2v) is 5.25. The number of amides is 1. The average Bonchev–Trinajstić information content (AvgIpc) is 2.99. The first kappa shape index (κ1) is 15.2. The number of hydrogen-bond donors (Lipinski definition) is 1. The predicted octanol–water partition coefficient (Wildman–Crippen LogP) is 3.22. The van der Waals surface area contributed by atoms with Gasteiger partial charge in [0, 0.05) is 17.8 Å². The van der Waals surface area contributed by atoms with Gasteiger partial charge >= 0.3 is 6.09 Å². The number of ether oxygens (including phenoxy) is 2. The zero-order chi connectivity index (χ0) is 16.2. The second kappa shape index (κ2) is 6.58. The van der Waals surface area contributed by atoms with Crippen LogP contribution >= 0.6 is 0 Å². The molecule has 0 radical (unpaired) electrons. The molecule has 1 aliphatic rings. The second-order valence-electron chi connectivity index (χ2n) is 5.25. The highest BCUT2D eigenvalue weighted by atomic mass is 16.6. The van der Waals surface area contributed by atoms with Gasteiger partial charge in [-0.1, -0.05) is 18.2 Å². The Morgan fingerprint density at radius 1 is 1.30 bits per heavy atom. The molecule has 6 heteroatoms. The molecule has 1 heterocycles. The van der Waals surface area contributed by atoms with Gasteiger partial charge in [0.25, 0.3) is 0 Å². The Labute approximate surface area is 134 Å². The van der Waals surface area contributed by atoms with Gasteiger partial charge in [0.1, 0.15) is 12.4 Å². The number of nitrogens with zero attached hydrogens (tertiary/aromatic N) is 1. The number of methoxy groups -OCH3 is 1. The Hall–Kier alpha value is -2.73. The van der Waals surface area contributed by atoms with E-state index >= 15 is 0 Å². The van der Waals surface area contributed by atoms with Gasteiger partial charge in [0.2, 0.25) is 0 Å². The van der Waals surface area contributed by atoms with Gasteiger partial charge in [-0.25, -0.2) is 4.79 Å². The van der Waals surface area contributed by atoms with E-state index in [1.165, 1.54) is 0 Å². The fourth-order valence-corrected chi connectivity index (χ4v) is 2.62. The summed E-state index contributed by atoms with van der Waals surface area (Å²) in [4.78, 5) is 13.2. The van der Waals surface area contributed by atoms with Gasteiger partial charge < -0.3 is 25.1 Å². The third-order valence-corrected chi connectivity index (χ3v) is 3.77. The van der Waals surface area contributed by atoms with Gasteiger partial charge in [-0.05, 0) is 35.4 Å². The summed E-state index contributed by atoms with van der Waals surface area (Å²) in [6, 6.07) is 12.9. The van der Waals surface area contributed by atoms with Crippen molar-refractivity contribution < 1.29 is 14.3 Å². The number of nitrogens with one attached hydrogen (secondary N) is 1. The molecule has 120 valence electrons. The Balaban J connectivity index is 1.94. The predicted molar refractivity (Wildman–Crippen MR) is 87.2 cm³/mol. The highest BCUT2D eigenvalue weighted by molar-refractivity contribution is 5.74. The number of cyclic esters (lactones) is 1. The molecule has 1 fully saturated rings. The average molecular weight is 313 g/mol. The molecule has 1 aliphatic heterocycles. The SMILES string of the molecule is COc1ccc(CN2CCOC2=O)cc1-c1cccc(N[O-])c1. The molecule has 0 unspecified atom stereocenters. The molecule has 3 rings (SSSR count). The minimum absolute atomic E-state index is 0.292. The molecule has 1 N–H and O–H groups in total. The van der Waals surface area contributed by atoms with Crippen LogP contribution < -0.4 is 10.2 Å². The first-order chi connectivity index (χ1) is 11.2. The quantitative estimate of drug-likeness (QED) is 0.858. The number of rotatable bonds is 5. The monoisotopic (exact) mass is 313 g/mol. The third-order valence-electron chi connectivity index (χ3n) is 3.77. The summed E-state index contributed by atoms with van der Waals surface area (Å²) in [6.45, 7) is 1.50. The number of benzene rings is 2. The van der Waals surface area contributed by atoms with Crippen LogP contribution in [0.5, 0.6) is 5.75 Å². The lowest BCUT2D eigenvalue weighted by Crippen LogP contribution is -2.23. The fraction of sp³-hybridized carbons (Fsp3) is 0.235. The first-order valence-electron chi connectivity index (χ1n) is 7.28. The van der Waals surface area contributed by atoms with E-state index in [0.717, 1.165) is 16.7 Å². The summed E-state index contributed by atoms with van der Waals surface area (Å²) in [6.07, 6.45) is -0.292. The maximum atomic E-state index is 11.6. The summed E-state index contributed by atoms with van der Waals surface area (Å²) in [5, 5.41) is 10.9. The molecule has 0 bridgehead atoms. The van der Waals surface area contributed by atoms with Gasteiger partial charge in [-0.2, -0.15) is 0 Å². The van der Waals surface area contributed by atoms with Gasteiger partial charge in [-0.3, -0.25) is 0 Å². The lowest BCUT2D eigenvalue weighted by atomic mass is 10.0. The lowest BCUT2D eigenvalue weighted by molar-refractivity contribution is 0.157.